The fourth-order valence-corrected chi connectivity index (χ4v) is 25.8. The van der Waals surface area contributed by atoms with Crippen LogP contribution in [0.15, 0.2) is 61.2 Å². The molecule has 0 unspecified atom stereocenters. The summed E-state index contributed by atoms with van der Waals surface area (Å²) in [6, 6.07) is 15.5. The molecule has 123 heavy (non-hydrogen) atoms. The van der Waals surface area contributed by atoms with Gasteiger partial charge in [-0.05, 0) is 139 Å². The lowest BCUT2D eigenvalue weighted by molar-refractivity contribution is -0.158. The van der Waals surface area contributed by atoms with Gasteiger partial charge in [0.25, 0.3) is 0 Å². The molecule has 644 valence electrons. The zero-order valence-corrected chi connectivity index (χ0v) is 71.3. The highest BCUT2D eigenvalue weighted by Gasteiger charge is 2.66. The molecule has 22 rings (SSSR count). The van der Waals surface area contributed by atoms with E-state index in [-0.39, 0.29) is 95.1 Å². The van der Waals surface area contributed by atoms with Crippen LogP contribution in [0.4, 0.5) is 4.79 Å². The number of carbonyl (C=O) groups is 5. The van der Waals surface area contributed by atoms with Gasteiger partial charge in [0, 0.05) is 141 Å². The number of methoxy groups -OCH3 is 2. The summed E-state index contributed by atoms with van der Waals surface area (Å²) in [6.45, 7) is 17.9. The second kappa shape index (κ2) is 31.1. The molecule has 2 aromatic heterocycles. The van der Waals surface area contributed by atoms with Crippen molar-refractivity contribution in [2.45, 2.75) is 183 Å². The van der Waals surface area contributed by atoms with Gasteiger partial charge in [0.1, 0.15) is 43.4 Å². The van der Waals surface area contributed by atoms with Crippen LogP contribution < -0.4 is 59.6 Å². The maximum atomic E-state index is 15.4. The van der Waals surface area contributed by atoms with Crippen molar-refractivity contribution in [3.8, 4) is 69.6 Å². The molecule has 0 aliphatic carbocycles. The highest BCUT2D eigenvalue weighted by Crippen LogP contribution is 2.68. The summed E-state index contributed by atoms with van der Waals surface area (Å²) < 4.78 is 67.2. The van der Waals surface area contributed by atoms with Crippen LogP contribution in [0, 0.1) is 64.2 Å². The van der Waals surface area contributed by atoms with Crippen LogP contribution in [0.5, 0.6) is 57.5 Å². The van der Waals surface area contributed by atoms with Gasteiger partial charge in [-0.2, -0.15) is 10.5 Å². The van der Waals surface area contributed by atoms with Gasteiger partial charge < -0.3 is 83.3 Å². The van der Waals surface area contributed by atoms with Crippen molar-refractivity contribution in [2.24, 2.45) is 5.73 Å². The Balaban J connectivity index is 0.000000167. The van der Waals surface area contributed by atoms with Crippen molar-refractivity contribution in [3.63, 3.8) is 0 Å². The number of esters is 4. The lowest BCUT2D eigenvalue weighted by Crippen LogP contribution is -2.69. The molecule has 16 atom stereocenters. The molecule has 0 saturated carbocycles. The Kier molecular flexibility index (Phi) is 21.0. The topological polar surface area (TPSA) is 382 Å². The van der Waals surface area contributed by atoms with E-state index in [2.05, 4.69) is 89.4 Å². The number of amides is 1. The van der Waals surface area contributed by atoms with Crippen LogP contribution in [0.2, 0.25) is 0 Å². The van der Waals surface area contributed by atoms with E-state index in [0.29, 0.717) is 116 Å². The monoisotopic (exact) mass is 1710 g/mol. The van der Waals surface area contributed by atoms with Gasteiger partial charge in [0.2, 0.25) is 13.6 Å². The van der Waals surface area contributed by atoms with Gasteiger partial charge in [-0.25, -0.2) is 14.4 Å². The number of carbonyl (C=O) groups excluding carboxylic acids is 5. The number of nitrogens with zero attached hydrogens (tertiary/aromatic N) is 6. The maximum absolute atomic E-state index is 15.4. The Morgan fingerprint density at radius 1 is 0.618 bits per heavy atom. The van der Waals surface area contributed by atoms with Crippen molar-refractivity contribution >= 4 is 75.3 Å². The Morgan fingerprint density at radius 2 is 1.05 bits per heavy atom. The number of aryl methyl sites for hydroxylation is 4. The number of aromatic amines is 2. The molecule has 0 radical (unpaired) electrons. The number of thioether (sulfide) groups is 2. The smallest absolute Gasteiger partial charge is 0.407 e. The number of hydrogen-bond acceptors (Lipinski definition) is 29. The fraction of sp³-hybridized carbons (Fsp3) is 0.462. The average Bonchev–Trinajstić information content (AvgIpc) is 1.38. The maximum Gasteiger partial charge on any atom is 0.407 e. The number of benzene rings is 6. The van der Waals surface area contributed by atoms with Crippen LogP contribution >= 0.6 is 23.5 Å². The molecule has 8 bridgehead atoms. The molecule has 14 aliphatic rings. The third-order valence-electron chi connectivity index (χ3n) is 27.4. The number of fused-ring (bicyclic) bond motifs is 22. The number of ether oxygens (including phenoxy) is 11. The van der Waals surface area contributed by atoms with E-state index in [9.17, 15) is 35.1 Å². The number of hydrogen-bond donors (Lipinski definition) is 8. The summed E-state index contributed by atoms with van der Waals surface area (Å²) in [5.74, 6) is 1.55. The van der Waals surface area contributed by atoms with Crippen molar-refractivity contribution < 1.29 is 86.3 Å². The lowest BCUT2D eigenvalue weighted by atomic mass is 9.71. The minimum absolute atomic E-state index is 0. The summed E-state index contributed by atoms with van der Waals surface area (Å²) in [4.78, 5) is 85.4. The third kappa shape index (κ3) is 12.4. The van der Waals surface area contributed by atoms with E-state index >= 15 is 9.59 Å². The molecule has 4 fully saturated rings. The first-order chi connectivity index (χ1) is 58.7. The predicted octanol–water partition coefficient (Wildman–Crippen LogP) is 10.4. The van der Waals surface area contributed by atoms with Crippen LogP contribution in [0.25, 0.3) is 21.8 Å². The number of piperazine rings is 2. The van der Waals surface area contributed by atoms with Crippen LogP contribution in [-0.4, -0.2) is 204 Å². The summed E-state index contributed by atoms with van der Waals surface area (Å²) in [6.07, 6.45) is 2.93. The zero-order valence-electron chi connectivity index (χ0n) is 69.7. The van der Waals surface area contributed by atoms with E-state index in [4.69, 9.17) is 57.8 Å². The number of rotatable bonds is 9. The second-order valence-corrected chi connectivity index (χ2v) is 36.4. The van der Waals surface area contributed by atoms with Crippen LogP contribution in [0.1, 0.15) is 156 Å². The number of H-pyrrole nitrogens is 2. The van der Waals surface area contributed by atoms with E-state index in [1.807, 2.05) is 79.0 Å². The molecule has 16 heterocycles. The Morgan fingerprint density at radius 3 is 1.46 bits per heavy atom. The predicted molar refractivity (Wildman–Crippen MR) is 456 cm³/mol. The molecule has 14 aliphatic heterocycles. The summed E-state index contributed by atoms with van der Waals surface area (Å²) in [7, 11) is 7.09. The first-order valence-electron chi connectivity index (χ1n) is 41.2. The van der Waals surface area contributed by atoms with E-state index in [1.165, 1.54) is 50.6 Å². The summed E-state index contributed by atoms with van der Waals surface area (Å²) in [5.41, 5.74) is 19.5. The number of alkyl carbamates (subject to hydrolysis) is 1. The molecule has 2 spiro atoms. The Bertz CT molecular complexity index is 5920. The van der Waals surface area contributed by atoms with Crippen molar-refractivity contribution in [1.82, 2.24) is 45.5 Å². The average molecular weight is 1710 g/mol. The second-order valence-electron chi connectivity index (χ2n) is 34.1. The number of phenols is 2. The molecule has 1 amide bonds. The number of phenolic OH excluding ortho intramolecular Hbond substituents is 2. The van der Waals surface area contributed by atoms with E-state index in [0.717, 1.165) is 77.6 Å². The fourth-order valence-electron chi connectivity index (χ4n) is 22.5. The Hall–Kier alpha value is -10.9. The van der Waals surface area contributed by atoms with Gasteiger partial charge in [-0.1, -0.05) is 55.5 Å². The lowest BCUT2D eigenvalue weighted by Gasteiger charge is -2.62. The molecule has 30 nitrogen and oxygen atoms in total. The van der Waals surface area contributed by atoms with Gasteiger partial charge in [-0.3, -0.25) is 39.8 Å². The van der Waals surface area contributed by atoms with Crippen molar-refractivity contribution in [2.75, 3.05) is 86.3 Å². The molecular formula is C91H100N12O18S2. The first-order valence-corrected chi connectivity index (χ1v) is 43.3. The van der Waals surface area contributed by atoms with Crippen LogP contribution in [-0.2, 0) is 70.1 Å². The summed E-state index contributed by atoms with van der Waals surface area (Å²) >= 11 is 3.00. The highest BCUT2D eigenvalue weighted by molar-refractivity contribution is 7.99. The SMILES string of the molecule is C.C=CCOC(=O)NC[C@@H]1Cc2c([nH]c3ccc(C)cc23)[C@@]2(CS[C@@H]3c4c(OC(C)=O)c(C)c5c(c4[C@H](COC2=O)N2[C@@H]3[C@H]3c4c(cc(C)c(OC)c4O)C[C@@H]([C@@H]2C#N)N3C)OCO5)N1.COc1c(C)cc2c(c1O)[C@@H]1[C@@H]3[C@@H]4SC[C@]5(N[C@H](CN)Cc6c5[nH]c5ccc(C)cc65)C(=O)OC[C@@H](c5c6c(c(C)c(OC(C)=O)c54)OCO6)N3[C@@H](C#N)[C@H](C2)N1C. The molecule has 32 heteroatoms. The number of nitrogens with one attached hydrogen (secondary N) is 5. The van der Waals surface area contributed by atoms with Crippen molar-refractivity contribution in [3.05, 3.63) is 162 Å². The minimum atomic E-state index is -1.50. The molecule has 9 N–H and O–H groups in total. The zero-order chi connectivity index (χ0) is 85.5. The first kappa shape index (κ1) is 83.0. The highest BCUT2D eigenvalue weighted by atomic mass is 32.2. The molecular weight excluding hydrogens is 1610 g/mol. The van der Waals surface area contributed by atoms with Gasteiger partial charge in [0.05, 0.1) is 72.4 Å². The standard InChI is InChI=1S/C47H50N6O10S.C43H46N6O8S.CH4/c1-8-11-59-46(57)49-17-26-15-28-27-12-21(2)9-10-29(27)50-44(28)47(51-26)19-64-43-35-34(42-41(61-20-62-42)23(4)40(35)63-24(5)54)32(18-60-45(47)56)53-31(16-48)30-14-25-13-22(3)39(58-7)38(55)33(25)36(37(43)53)52(30)6;1-18-7-8-26-24(9-18)25-12-23(13-44)47-43(41(25)46-26)16-58-40-32-31(39-38(55-17-56-39)20(3)37(32)57-21(4)50)29(15-54-42(43)52)49-28(14-45)27-11-22-10-19(2)36(53-6)35(51)30(22)33(34(40)49)48(27)5;/h8-10,12-13,26,30-32,36-37,43,50-51,55H,1,11,14-15,17-20H2,2-7H3,(H,49,57);7-10,23,27-29,33-34,40,46-47,51H,11-13,15-17,44H2,1-6H3;1H4/t26-,30-,31-,32-,36+,37+,43+,47+;23-,27-,28-,29-,33+,34+,40+,43+;/m00./s1. The molecule has 8 aromatic rings. The van der Waals surface area contributed by atoms with Gasteiger partial charge in [0.15, 0.2) is 57.1 Å². The minimum Gasteiger partial charge on any atom is -0.504 e. The normalized spacial score (nSPS) is 28.3. The van der Waals surface area contributed by atoms with E-state index < -0.39 is 106 Å². The summed E-state index contributed by atoms with van der Waals surface area (Å²) in [5, 5.41) is 57.9. The number of likely N-dealkylation sites (N-methyl/N-ethyl adjacent to an activating group) is 2. The quantitative estimate of drug-likeness (QED) is 0.0288. The van der Waals surface area contributed by atoms with E-state index in [1.54, 1.807) is 7.11 Å². The number of nitriles is 2. The van der Waals surface area contributed by atoms with Gasteiger partial charge >= 0.3 is 30.0 Å². The number of aromatic nitrogens is 2. The molecule has 4 saturated heterocycles. The number of nitrogens with two attached hydrogens (primary N) is 1. The Labute approximate surface area is 719 Å². The third-order valence-corrected chi connectivity index (χ3v) is 30.3. The number of aromatic hydroxyl groups is 2. The molecule has 6 aromatic carbocycles. The van der Waals surface area contributed by atoms with Gasteiger partial charge in [-0.15, -0.1) is 23.5 Å². The van der Waals surface area contributed by atoms with Crippen LogP contribution in [0.3, 0.4) is 0 Å². The largest absolute Gasteiger partial charge is 0.504 e. The van der Waals surface area contributed by atoms with Crippen molar-refractivity contribution in [1.29, 1.82) is 10.5 Å².